The number of carbonyl (C=O) groups is 2. The fraction of sp³-hybridized carbons (Fsp3) is 0.619. The number of hydrogen-bond donors (Lipinski definition) is 0. The highest BCUT2D eigenvalue weighted by molar-refractivity contribution is 7.89. The van der Waals surface area contributed by atoms with Crippen LogP contribution in [-0.4, -0.2) is 62.3 Å². The Labute approximate surface area is 173 Å². The smallest absolute Gasteiger partial charge is 0.340 e. The van der Waals surface area contributed by atoms with Gasteiger partial charge >= 0.3 is 5.97 Å². The molecule has 29 heavy (non-hydrogen) atoms. The van der Waals surface area contributed by atoms with Gasteiger partial charge < -0.3 is 9.64 Å². The predicted octanol–water partition coefficient (Wildman–Crippen LogP) is 2.81. The molecule has 1 amide bonds. The van der Waals surface area contributed by atoms with Crippen molar-refractivity contribution in [1.29, 1.82) is 0 Å². The lowest BCUT2D eigenvalue weighted by atomic mass is 9.94. The molecule has 1 aromatic carbocycles. The van der Waals surface area contributed by atoms with E-state index in [0.29, 0.717) is 13.1 Å². The van der Waals surface area contributed by atoms with Crippen molar-refractivity contribution in [2.45, 2.75) is 62.3 Å². The first kappa shape index (κ1) is 21.8. The summed E-state index contributed by atoms with van der Waals surface area (Å²) < 4.78 is 32.6. The van der Waals surface area contributed by atoms with Gasteiger partial charge in [-0.1, -0.05) is 37.8 Å². The summed E-state index contributed by atoms with van der Waals surface area (Å²) in [6, 6.07) is 6.24. The average Bonchev–Trinajstić information content (AvgIpc) is 2.77. The minimum atomic E-state index is -3.77. The number of ether oxygens (including phenoxy) is 1. The van der Waals surface area contributed by atoms with Gasteiger partial charge in [0.1, 0.15) is 0 Å². The Kier molecular flexibility index (Phi) is 7.29. The number of piperidine rings is 1. The molecule has 0 aromatic heterocycles. The van der Waals surface area contributed by atoms with Crippen LogP contribution in [0, 0.1) is 0 Å². The van der Waals surface area contributed by atoms with E-state index in [1.165, 1.54) is 22.9 Å². The molecule has 1 saturated heterocycles. The zero-order valence-electron chi connectivity index (χ0n) is 17.0. The molecule has 8 heteroatoms. The largest absolute Gasteiger partial charge is 0.452 e. The lowest BCUT2D eigenvalue weighted by Gasteiger charge is -2.31. The van der Waals surface area contributed by atoms with E-state index in [0.717, 1.165) is 44.9 Å². The first-order valence-electron chi connectivity index (χ1n) is 10.4. The first-order valence-corrected chi connectivity index (χ1v) is 11.9. The first-order chi connectivity index (χ1) is 13.9. The second-order valence-electron chi connectivity index (χ2n) is 7.83. The van der Waals surface area contributed by atoms with Crippen LogP contribution in [0.2, 0.25) is 0 Å². The summed E-state index contributed by atoms with van der Waals surface area (Å²) in [6.45, 7) is 0.525. The maximum absolute atomic E-state index is 13.0. The molecule has 1 aliphatic carbocycles. The lowest BCUT2D eigenvalue weighted by molar-refractivity contribution is -0.135. The predicted molar refractivity (Wildman–Crippen MR) is 109 cm³/mol. The minimum absolute atomic E-state index is 0.0220. The highest BCUT2D eigenvalue weighted by atomic mass is 32.2. The maximum atomic E-state index is 13.0. The van der Waals surface area contributed by atoms with Crippen molar-refractivity contribution in [3.63, 3.8) is 0 Å². The topological polar surface area (TPSA) is 84.0 Å². The van der Waals surface area contributed by atoms with Crippen molar-refractivity contribution in [1.82, 2.24) is 9.21 Å². The number of sulfonamides is 1. The van der Waals surface area contributed by atoms with E-state index in [-0.39, 0.29) is 29.0 Å². The van der Waals surface area contributed by atoms with E-state index in [1.54, 1.807) is 24.1 Å². The molecule has 0 atom stereocenters. The summed E-state index contributed by atoms with van der Waals surface area (Å²) in [7, 11) is -2.04. The highest BCUT2D eigenvalue weighted by Gasteiger charge is 2.31. The molecule has 3 rings (SSSR count). The summed E-state index contributed by atoms with van der Waals surface area (Å²) in [5, 5.41) is 0. The Balaban J connectivity index is 1.67. The molecular weight excluding hydrogens is 392 g/mol. The molecule has 0 spiro atoms. The molecule has 1 aliphatic heterocycles. The van der Waals surface area contributed by atoms with Gasteiger partial charge in [0.05, 0.1) is 10.5 Å². The molecule has 1 heterocycles. The monoisotopic (exact) mass is 422 g/mol. The number of benzene rings is 1. The molecule has 0 unspecified atom stereocenters. The third-order valence-electron chi connectivity index (χ3n) is 5.88. The van der Waals surface area contributed by atoms with Gasteiger partial charge in [-0.05, 0) is 37.8 Å². The van der Waals surface area contributed by atoms with E-state index in [4.69, 9.17) is 4.74 Å². The summed E-state index contributed by atoms with van der Waals surface area (Å²) in [5.41, 5.74) is -0.0220. The van der Waals surface area contributed by atoms with Crippen LogP contribution in [-0.2, 0) is 19.6 Å². The van der Waals surface area contributed by atoms with Crippen LogP contribution < -0.4 is 0 Å². The van der Waals surface area contributed by atoms with E-state index in [9.17, 15) is 18.0 Å². The van der Waals surface area contributed by atoms with Crippen molar-refractivity contribution in [3.05, 3.63) is 29.8 Å². The van der Waals surface area contributed by atoms with Gasteiger partial charge in [-0.2, -0.15) is 4.31 Å². The summed E-state index contributed by atoms with van der Waals surface area (Å²) in [4.78, 5) is 26.7. The van der Waals surface area contributed by atoms with Crippen molar-refractivity contribution in [3.8, 4) is 0 Å². The second kappa shape index (κ2) is 9.71. The van der Waals surface area contributed by atoms with E-state index in [1.807, 2.05) is 0 Å². The van der Waals surface area contributed by atoms with Crippen molar-refractivity contribution in [2.24, 2.45) is 0 Å². The van der Waals surface area contributed by atoms with Gasteiger partial charge in [0.25, 0.3) is 5.91 Å². The SMILES string of the molecule is CN(C(=O)COC(=O)c1ccccc1S(=O)(=O)N1CCCCC1)C1CCCCC1. The van der Waals surface area contributed by atoms with Crippen LogP contribution in [0.25, 0.3) is 0 Å². The molecule has 1 saturated carbocycles. The average molecular weight is 423 g/mol. The van der Waals surface area contributed by atoms with Gasteiger partial charge in [0.15, 0.2) is 6.61 Å². The summed E-state index contributed by atoms with van der Waals surface area (Å²) >= 11 is 0. The van der Waals surface area contributed by atoms with Crippen molar-refractivity contribution >= 4 is 21.9 Å². The number of likely N-dealkylation sites (N-methyl/N-ethyl adjacent to an activating group) is 1. The lowest BCUT2D eigenvalue weighted by Crippen LogP contribution is -2.40. The molecule has 0 N–H and O–H groups in total. The van der Waals surface area contributed by atoms with E-state index < -0.39 is 16.0 Å². The number of hydrogen-bond acceptors (Lipinski definition) is 5. The molecule has 7 nitrogen and oxygen atoms in total. The van der Waals surface area contributed by atoms with Gasteiger partial charge in [0, 0.05) is 26.2 Å². The highest BCUT2D eigenvalue weighted by Crippen LogP contribution is 2.25. The van der Waals surface area contributed by atoms with Crippen LogP contribution in [0.5, 0.6) is 0 Å². The Morgan fingerprint density at radius 3 is 2.34 bits per heavy atom. The standard InChI is InChI=1S/C21H30N2O5S/c1-22(17-10-4-2-5-11-17)20(24)16-28-21(25)18-12-6-7-13-19(18)29(26,27)23-14-8-3-9-15-23/h6-7,12-13,17H,2-5,8-11,14-16H2,1H3. The fourth-order valence-electron chi connectivity index (χ4n) is 4.08. The zero-order chi connectivity index (χ0) is 20.9. The third-order valence-corrected chi connectivity index (χ3v) is 7.84. The number of rotatable bonds is 6. The van der Waals surface area contributed by atoms with Gasteiger partial charge in [0.2, 0.25) is 10.0 Å². The van der Waals surface area contributed by atoms with Crippen molar-refractivity contribution in [2.75, 3.05) is 26.7 Å². The molecule has 0 bridgehead atoms. The molecule has 2 aliphatic rings. The number of amides is 1. The van der Waals surface area contributed by atoms with Crippen LogP contribution >= 0.6 is 0 Å². The third kappa shape index (κ3) is 5.17. The molecular formula is C21H30N2O5S. The Morgan fingerprint density at radius 2 is 1.66 bits per heavy atom. The Morgan fingerprint density at radius 1 is 1.03 bits per heavy atom. The zero-order valence-corrected chi connectivity index (χ0v) is 17.8. The summed E-state index contributed by atoms with van der Waals surface area (Å²) in [6.07, 6.45) is 7.96. The quantitative estimate of drug-likeness (QED) is 0.658. The molecule has 1 aromatic rings. The Bertz CT molecular complexity index is 827. The number of nitrogens with zero attached hydrogens (tertiary/aromatic N) is 2. The Hall–Kier alpha value is -1.93. The second-order valence-corrected chi connectivity index (χ2v) is 9.74. The van der Waals surface area contributed by atoms with Crippen molar-refractivity contribution < 1.29 is 22.7 Å². The van der Waals surface area contributed by atoms with Crippen LogP contribution in [0.1, 0.15) is 61.7 Å². The van der Waals surface area contributed by atoms with Crippen LogP contribution in [0.3, 0.4) is 0 Å². The molecule has 0 radical (unpaired) electrons. The van der Waals surface area contributed by atoms with Gasteiger partial charge in [-0.15, -0.1) is 0 Å². The van der Waals surface area contributed by atoms with Gasteiger partial charge in [-0.25, -0.2) is 13.2 Å². The summed E-state index contributed by atoms with van der Waals surface area (Å²) in [5.74, 6) is -1.05. The van der Waals surface area contributed by atoms with E-state index >= 15 is 0 Å². The molecule has 160 valence electrons. The van der Waals surface area contributed by atoms with E-state index in [2.05, 4.69) is 0 Å². The molecule has 2 fully saturated rings. The number of esters is 1. The minimum Gasteiger partial charge on any atom is -0.452 e. The normalized spacial score (nSPS) is 18.9. The van der Waals surface area contributed by atoms with Crippen LogP contribution in [0.4, 0.5) is 0 Å². The fourth-order valence-corrected chi connectivity index (χ4v) is 5.78. The maximum Gasteiger partial charge on any atom is 0.340 e. The number of carbonyl (C=O) groups excluding carboxylic acids is 2. The van der Waals surface area contributed by atoms with Gasteiger partial charge in [-0.3, -0.25) is 4.79 Å². The van der Waals surface area contributed by atoms with Crippen LogP contribution in [0.15, 0.2) is 29.2 Å².